The summed E-state index contributed by atoms with van der Waals surface area (Å²) < 4.78 is 5.53. The number of carbonyl (C=O) groups is 1. The van der Waals surface area contributed by atoms with Gasteiger partial charge in [-0.15, -0.1) is 0 Å². The molecule has 1 aliphatic rings. The highest BCUT2D eigenvalue weighted by molar-refractivity contribution is 5.98. The fourth-order valence-electron chi connectivity index (χ4n) is 2.13. The number of aromatic nitrogens is 1. The molecular weight excluding hydrogens is 266 g/mol. The van der Waals surface area contributed by atoms with Crippen molar-refractivity contribution in [1.82, 2.24) is 4.98 Å². The van der Waals surface area contributed by atoms with E-state index in [1.165, 1.54) is 0 Å². The molecule has 2 N–H and O–H groups in total. The zero-order valence-corrected chi connectivity index (χ0v) is 12.0. The largest absolute Gasteiger partial charge is 0.479 e. The Balaban J connectivity index is 1.71. The van der Waals surface area contributed by atoms with Crippen molar-refractivity contribution in [2.24, 2.45) is 0 Å². The number of hydrogen-bond donors (Lipinski definition) is 2. The number of anilines is 2. The lowest BCUT2D eigenvalue weighted by Gasteiger charge is -2.23. The first-order valence-corrected chi connectivity index (χ1v) is 6.89. The van der Waals surface area contributed by atoms with Gasteiger partial charge in [-0.2, -0.15) is 0 Å². The van der Waals surface area contributed by atoms with Crippen LogP contribution in [0.3, 0.4) is 0 Å². The number of pyridine rings is 1. The Kier molecular flexibility index (Phi) is 3.48. The molecule has 1 amide bonds. The Morgan fingerprint density at radius 2 is 2.19 bits per heavy atom. The van der Waals surface area contributed by atoms with Gasteiger partial charge in [-0.1, -0.05) is 6.07 Å². The number of nitrogens with zero attached hydrogens (tertiary/aromatic N) is 1. The molecule has 0 aliphatic carbocycles. The summed E-state index contributed by atoms with van der Waals surface area (Å²) in [5, 5.41) is 6.15. The second-order valence-corrected chi connectivity index (χ2v) is 5.12. The summed E-state index contributed by atoms with van der Waals surface area (Å²) in [6.45, 7) is 4.37. The van der Waals surface area contributed by atoms with Gasteiger partial charge in [-0.25, -0.2) is 0 Å². The molecule has 0 bridgehead atoms. The Morgan fingerprint density at radius 1 is 1.33 bits per heavy atom. The van der Waals surface area contributed by atoms with Gasteiger partial charge in [0.1, 0.15) is 5.75 Å². The number of aryl methyl sites for hydroxylation is 1. The minimum Gasteiger partial charge on any atom is -0.479 e. The van der Waals surface area contributed by atoms with Gasteiger partial charge in [0.25, 0.3) is 5.91 Å². The van der Waals surface area contributed by atoms with E-state index in [-0.39, 0.29) is 5.91 Å². The van der Waals surface area contributed by atoms with Crippen LogP contribution >= 0.6 is 0 Å². The quantitative estimate of drug-likeness (QED) is 0.909. The zero-order valence-electron chi connectivity index (χ0n) is 12.0. The van der Waals surface area contributed by atoms with Crippen LogP contribution in [0.4, 0.5) is 11.4 Å². The topological polar surface area (TPSA) is 63.2 Å². The fourth-order valence-corrected chi connectivity index (χ4v) is 2.13. The number of fused-ring (bicyclic) bond motifs is 1. The van der Waals surface area contributed by atoms with E-state index in [1.807, 2.05) is 43.5 Å². The van der Waals surface area contributed by atoms with Crippen molar-refractivity contribution >= 4 is 17.3 Å². The third-order valence-electron chi connectivity index (χ3n) is 3.38. The molecule has 0 saturated carbocycles. The van der Waals surface area contributed by atoms with Gasteiger partial charge in [0.05, 0.1) is 5.69 Å². The van der Waals surface area contributed by atoms with Crippen LogP contribution in [0.2, 0.25) is 0 Å². The van der Waals surface area contributed by atoms with E-state index in [0.717, 1.165) is 16.9 Å². The number of amides is 1. The average molecular weight is 283 g/mol. The number of ether oxygens (including phenoxy) is 1. The van der Waals surface area contributed by atoms with Crippen LogP contribution in [0, 0.1) is 6.92 Å². The van der Waals surface area contributed by atoms with E-state index < -0.39 is 6.10 Å². The van der Waals surface area contributed by atoms with Crippen molar-refractivity contribution in [1.29, 1.82) is 0 Å². The Hall–Kier alpha value is -2.56. The molecule has 0 fully saturated rings. The lowest BCUT2D eigenvalue weighted by atomic mass is 10.2. The molecule has 1 aromatic heterocycles. The molecule has 2 aromatic rings. The maximum Gasteiger partial charge on any atom is 0.265 e. The minimum absolute atomic E-state index is 0.123. The van der Waals surface area contributed by atoms with Crippen molar-refractivity contribution in [2.75, 3.05) is 10.6 Å². The van der Waals surface area contributed by atoms with Gasteiger partial charge >= 0.3 is 0 Å². The molecule has 5 nitrogen and oxygen atoms in total. The predicted molar refractivity (Wildman–Crippen MR) is 81.5 cm³/mol. The number of carbonyl (C=O) groups excluding carboxylic acids is 1. The van der Waals surface area contributed by atoms with Crippen molar-refractivity contribution in [3.05, 3.63) is 47.8 Å². The van der Waals surface area contributed by atoms with E-state index >= 15 is 0 Å². The standard InChI is InChI=1S/C16H17N3O2/c1-10-3-4-12(8-17-10)9-18-13-5-6-15-14(7-13)19-16(20)11(2)21-15/h3-8,11,18H,9H2,1-2H3,(H,19,20). The van der Waals surface area contributed by atoms with Gasteiger partial charge in [0.15, 0.2) is 6.10 Å². The summed E-state index contributed by atoms with van der Waals surface area (Å²) in [4.78, 5) is 15.9. The molecule has 1 atom stereocenters. The Bertz CT molecular complexity index is 668. The molecule has 108 valence electrons. The number of nitrogens with one attached hydrogen (secondary N) is 2. The first-order valence-electron chi connectivity index (χ1n) is 6.89. The molecule has 1 aliphatic heterocycles. The molecule has 3 rings (SSSR count). The second kappa shape index (κ2) is 5.44. The van der Waals surface area contributed by atoms with Gasteiger partial charge in [-0.05, 0) is 43.7 Å². The smallest absolute Gasteiger partial charge is 0.265 e. The lowest BCUT2D eigenvalue weighted by molar-refractivity contribution is -0.122. The Morgan fingerprint density at radius 3 is 2.95 bits per heavy atom. The molecule has 2 heterocycles. The van der Waals surface area contributed by atoms with Crippen LogP contribution in [0.15, 0.2) is 36.5 Å². The number of rotatable bonds is 3. The molecular formula is C16H17N3O2. The molecule has 1 unspecified atom stereocenters. The molecule has 21 heavy (non-hydrogen) atoms. The molecule has 1 aromatic carbocycles. The highest BCUT2D eigenvalue weighted by Gasteiger charge is 2.23. The average Bonchev–Trinajstić information content (AvgIpc) is 2.48. The monoisotopic (exact) mass is 283 g/mol. The van der Waals surface area contributed by atoms with Crippen LogP contribution < -0.4 is 15.4 Å². The SMILES string of the molecule is Cc1ccc(CNc2ccc3c(c2)NC(=O)C(C)O3)cn1. The van der Waals surface area contributed by atoms with E-state index in [0.29, 0.717) is 18.0 Å². The fraction of sp³-hybridized carbons (Fsp3) is 0.250. The van der Waals surface area contributed by atoms with Gasteiger partial charge in [0.2, 0.25) is 0 Å². The van der Waals surface area contributed by atoms with Crippen molar-refractivity contribution in [3.8, 4) is 5.75 Å². The van der Waals surface area contributed by atoms with Gasteiger partial charge < -0.3 is 15.4 Å². The summed E-state index contributed by atoms with van der Waals surface area (Å²) in [6.07, 6.45) is 1.41. The molecule has 5 heteroatoms. The summed E-state index contributed by atoms with van der Waals surface area (Å²) in [7, 11) is 0. The minimum atomic E-state index is -0.449. The number of hydrogen-bond acceptors (Lipinski definition) is 4. The summed E-state index contributed by atoms with van der Waals surface area (Å²) >= 11 is 0. The normalized spacial score (nSPS) is 16.7. The van der Waals surface area contributed by atoms with Crippen molar-refractivity contribution < 1.29 is 9.53 Å². The van der Waals surface area contributed by atoms with Crippen LogP contribution in [0.25, 0.3) is 0 Å². The zero-order chi connectivity index (χ0) is 14.8. The summed E-state index contributed by atoms with van der Waals surface area (Å²) in [5.74, 6) is 0.576. The first kappa shape index (κ1) is 13.4. The number of benzene rings is 1. The maximum absolute atomic E-state index is 11.6. The van der Waals surface area contributed by atoms with Gasteiger partial charge in [-0.3, -0.25) is 9.78 Å². The third kappa shape index (κ3) is 2.97. The second-order valence-electron chi connectivity index (χ2n) is 5.12. The van der Waals surface area contributed by atoms with E-state index in [2.05, 4.69) is 15.6 Å². The van der Waals surface area contributed by atoms with Crippen LogP contribution in [-0.2, 0) is 11.3 Å². The summed E-state index contributed by atoms with van der Waals surface area (Å²) in [6, 6.07) is 9.70. The van der Waals surface area contributed by atoms with Crippen molar-refractivity contribution in [2.45, 2.75) is 26.5 Å². The van der Waals surface area contributed by atoms with Crippen LogP contribution in [0.1, 0.15) is 18.2 Å². The predicted octanol–water partition coefficient (Wildman–Crippen LogP) is 2.72. The highest BCUT2D eigenvalue weighted by Crippen LogP contribution is 2.32. The third-order valence-corrected chi connectivity index (χ3v) is 3.38. The molecule has 0 spiro atoms. The highest BCUT2D eigenvalue weighted by atomic mass is 16.5. The van der Waals surface area contributed by atoms with E-state index in [9.17, 15) is 4.79 Å². The molecule has 0 saturated heterocycles. The van der Waals surface area contributed by atoms with Crippen LogP contribution in [0.5, 0.6) is 5.75 Å². The summed E-state index contributed by atoms with van der Waals surface area (Å²) in [5.41, 5.74) is 3.73. The Labute approximate surface area is 123 Å². The van der Waals surface area contributed by atoms with E-state index in [4.69, 9.17) is 4.74 Å². The first-order chi connectivity index (χ1) is 10.1. The van der Waals surface area contributed by atoms with E-state index in [1.54, 1.807) is 6.92 Å². The molecule has 0 radical (unpaired) electrons. The van der Waals surface area contributed by atoms with Gasteiger partial charge in [0, 0.05) is 24.1 Å². The van der Waals surface area contributed by atoms with Crippen molar-refractivity contribution in [3.63, 3.8) is 0 Å². The van der Waals surface area contributed by atoms with Crippen LogP contribution in [-0.4, -0.2) is 17.0 Å². The lowest BCUT2D eigenvalue weighted by Crippen LogP contribution is -2.34. The maximum atomic E-state index is 11.6.